The summed E-state index contributed by atoms with van der Waals surface area (Å²) in [6, 6.07) is 0.652. The summed E-state index contributed by atoms with van der Waals surface area (Å²) in [5, 5.41) is 9.02. The molecule has 0 aromatic carbocycles. The van der Waals surface area contributed by atoms with Gasteiger partial charge in [-0.2, -0.15) is 0 Å². The molecule has 20 heavy (non-hydrogen) atoms. The van der Waals surface area contributed by atoms with Gasteiger partial charge in [-0.05, 0) is 19.3 Å². The number of carboxylic acid groups (broad SMARTS) is 1. The Kier molecular flexibility index (Phi) is 8.59. The van der Waals surface area contributed by atoms with Crippen molar-refractivity contribution in [3.8, 4) is 0 Å². The molecule has 0 bridgehead atoms. The molecular formula is C17H31NO2. The van der Waals surface area contributed by atoms with Crippen LogP contribution in [-0.4, -0.2) is 35.1 Å². The Hall–Kier alpha value is -0.830. The van der Waals surface area contributed by atoms with Crippen LogP contribution in [0.2, 0.25) is 0 Å². The van der Waals surface area contributed by atoms with E-state index in [1.165, 1.54) is 51.4 Å². The Morgan fingerprint density at radius 1 is 1.20 bits per heavy atom. The van der Waals surface area contributed by atoms with Crippen LogP contribution in [0.5, 0.6) is 0 Å². The van der Waals surface area contributed by atoms with Crippen LogP contribution in [-0.2, 0) is 4.79 Å². The second kappa shape index (κ2) is 9.98. The molecule has 1 N–H and O–H groups in total. The van der Waals surface area contributed by atoms with Gasteiger partial charge in [0.2, 0.25) is 0 Å². The van der Waals surface area contributed by atoms with Gasteiger partial charge in [0.25, 0.3) is 0 Å². The number of hydrogen-bond acceptors (Lipinski definition) is 2. The highest BCUT2D eigenvalue weighted by Gasteiger charge is 2.22. The Morgan fingerprint density at radius 3 is 2.20 bits per heavy atom. The number of carbonyl (C=O) groups is 1. The minimum atomic E-state index is -0.738. The van der Waals surface area contributed by atoms with E-state index in [9.17, 15) is 4.79 Å². The zero-order valence-corrected chi connectivity index (χ0v) is 13.2. The molecule has 0 saturated carbocycles. The van der Waals surface area contributed by atoms with E-state index in [2.05, 4.69) is 18.7 Å². The SMILES string of the molecule is CCCCCC(CCCCC)N1CC=C(C(=O)O)CC1. The Balaban J connectivity index is 2.47. The summed E-state index contributed by atoms with van der Waals surface area (Å²) in [6.45, 7) is 6.23. The molecule has 1 aliphatic rings. The lowest BCUT2D eigenvalue weighted by atomic mass is 9.98. The largest absolute Gasteiger partial charge is 0.478 e. The normalized spacial score (nSPS) is 16.4. The van der Waals surface area contributed by atoms with Crippen LogP contribution in [0.25, 0.3) is 0 Å². The maximum absolute atomic E-state index is 11.0. The van der Waals surface area contributed by atoms with E-state index in [0.717, 1.165) is 13.1 Å². The Labute approximate surface area is 124 Å². The molecule has 0 aromatic rings. The first kappa shape index (κ1) is 17.2. The molecule has 1 aliphatic heterocycles. The first-order chi connectivity index (χ1) is 9.69. The van der Waals surface area contributed by atoms with E-state index in [1.807, 2.05) is 6.08 Å². The van der Waals surface area contributed by atoms with Gasteiger partial charge in [0, 0.05) is 24.7 Å². The van der Waals surface area contributed by atoms with E-state index in [0.29, 0.717) is 18.0 Å². The number of aliphatic carboxylic acids is 1. The molecule has 0 spiro atoms. The monoisotopic (exact) mass is 281 g/mol. The van der Waals surface area contributed by atoms with E-state index < -0.39 is 5.97 Å². The highest BCUT2D eigenvalue weighted by Crippen LogP contribution is 2.21. The number of unbranched alkanes of at least 4 members (excludes halogenated alkanes) is 4. The first-order valence-electron chi connectivity index (χ1n) is 8.35. The van der Waals surface area contributed by atoms with Gasteiger partial charge in [-0.15, -0.1) is 0 Å². The molecule has 0 aliphatic carbocycles. The van der Waals surface area contributed by atoms with Crippen molar-refractivity contribution >= 4 is 5.97 Å². The highest BCUT2D eigenvalue weighted by molar-refractivity contribution is 5.86. The van der Waals surface area contributed by atoms with Gasteiger partial charge < -0.3 is 5.11 Å². The van der Waals surface area contributed by atoms with Crippen molar-refractivity contribution in [2.75, 3.05) is 13.1 Å². The average Bonchev–Trinajstić information content (AvgIpc) is 2.46. The molecule has 0 amide bonds. The Morgan fingerprint density at radius 2 is 1.80 bits per heavy atom. The third kappa shape index (κ3) is 6.08. The molecule has 116 valence electrons. The summed E-state index contributed by atoms with van der Waals surface area (Å²) in [5.74, 6) is -0.738. The summed E-state index contributed by atoms with van der Waals surface area (Å²) in [6.07, 6.45) is 12.9. The van der Waals surface area contributed by atoms with Crippen LogP contribution in [0.1, 0.15) is 71.6 Å². The van der Waals surface area contributed by atoms with Gasteiger partial charge >= 0.3 is 5.97 Å². The van der Waals surface area contributed by atoms with Gasteiger partial charge in [-0.1, -0.05) is 58.4 Å². The predicted octanol–water partition coefficient (Wildman–Crippen LogP) is 4.23. The molecule has 0 radical (unpaired) electrons. The molecule has 0 atom stereocenters. The van der Waals surface area contributed by atoms with Crippen LogP contribution < -0.4 is 0 Å². The lowest BCUT2D eigenvalue weighted by Crippen LogP contribution is -2.39. The standard InChI is InChI=1S/C17H31NO2/c1-3-5-7-9-16(10-8-6-4-2)18-13-11-15(12-14-18)17(19)20/h11,16H,3-10,12-14H2,1-2H3,(H,19,20). The molecule has 0 saturated heterocycles. The van der Waals surface area contributed by atoms with Crippen molar-refractivity contribution < 1.29 is 9.90 Å². The highest BCUT2D eigenvalue weighted by atomic mass is 16.4. The van der Waals surface area contributed by atoms with Crippen molar-refractivity contribution in [2.24, 2.45) is 0 Å². The molecule has 0 aromatic heterocycles. The van der Waals surface area contributed by atoms with E-state index in [4.69, 9.17) is 5.11 Å². The molecule has 3 heteroatoms. The minimum Gasteiger partial charge on any atom is -0.478 e. The molecule has 1 rings (SSSR count). The zero-order valence-electron chi connectivity index (χ0n) is 13.2. The molecule has 1 heterocycles. The van der Waals surface area contributed by atoms with Crippen LogP contribution in [0.3, 0.4) is 0 Å². The average molecular weight is 281 g/mol. The van der Waals surface area contributed by atoms with E-state index in [-0.39, 0.29) is 0 Å². The second-order valence-corrected chi connectivity index (χ2v) is 5.92. The summed E-state index contributed by atoms with van der Waals surface area (Å²) >= 11 is 0. The summed E-state index contributed by atoms with van der Waals surface area (Å²) in [7, 11) is 0. The molecular weight excluding hydrogens is 250 g/mol. The van der Waals surface area contributed by atoms with Gasteiger partial charge in [0.1, 0.15) is 0 Å². The van der Waals surface area contributed by atoms with Crippen LogP contribution in [0.4, 0.5) is 0 Å². The number of carboxylic acids is 1. The Bertz CT molecular complexity index is 302. The van der Waals surface area contributed by atoms with Crippen molar-refractivity contribution in [2.45, 2.75) is 77.7 Å². The zero-order chi connectivity index (χ0) is 14.8. The topological polar surface area (TPSA) is 40.5 Å². The van der Waals surface area contributed by atoms with Crippen molar-refractivity contribution in [1.82, 2.24) is 4.90 Å². The van der Waals surface area contributed by atoms with E-state index >= 15 is 0 Å². The smallest absolute Gasteiger partial charge is 0.331 e. The van der Waals surface area contributed by atoms with Crippen LogP contribution >= 0.6 is 0 Å². The summed E-state index contributed by atoms with van der Waals surface area (Å²) in [5.41, 5.74) is 0.599. The maximum Gasteiger partial charge on any atom is 0.331 e. The minimum absolute atomic E-state index is 0.599. The number of hydrogen-bond donors (Lipinski definition) is 1. The summed E-state index contributed by atoms with van der Waals surface area (Å²) < 4.78 is 0. The lowest BCUT2D eigenvalue weighted by molar-refractivity contribution is -0.133. The van der Waals surface area contributed by atoms with Crippen molar-refractivity contribution in [3.63, 3.8) is 0 Å². The maximum atomic E-state index is 11.0. The molecule has 0 fully saturated rings. The first-order valence-corrected chi connectivity index (χ1v) is 8.35. The van der Waals surface area contributed by atoms with Crippen molar-refractivity contribution in [3.05, 3.63) is 11.6 Å². The fourth-order valence-electron chi connectivity index (χ4n) is 2.98. The lowest BCUT2D eigenvalue weighted by Gasteiger charge is -2.33. The third-order valence-electron chi connectivity index (χ3n) is 4.31. The van der Waals surface area contributed by atoms with Crippen LogP contribution in [0.15, 0.2) is 11.6 Å². The second-order valence-electron chi connectivity index (χ2n) is 5.92. The molecule has 0 unspecified atom stereocenters. The third-order valence-corrected chi connectivity index (χ3v) is 4.31. The van der Waals surface area contributed by atoms with Gasteiger partial charge in [-0.25, -0.2) is 4.79 Å². The van der Waals surface area contributed by atoms with Gasteiger partial charge in [0.05, 0.1) is 0 Å². The van der Waals surface area contributed by atoms with Gasteiger partial charge in [0.15, 0.2) is 0 Å². The summed E-state index contributed by atoms with van der Waals surface area (Å²) in [4.78, 5) is 13.5. The van der Waals surface area contributed by atoms with E-state index in [1.54, 1.807) is 0 Å². The number of nitrogens with zero attached hydrogens (tertiary/aromatic N) is 1. The van der Waals surface area contributed by atoms with Gasteiger partial charge in [-0.3, -0.25) is 4.90 Å². The molecule has 3 nitrogen and oxygen atoms in total. The van der Waals surface area contributed by atoms with Crippen molar-refractivity contribution in [1.29, 1.82) is 0 Å². The number of rotatable bonds is 10. The quantitative estimate of drug-likeness (QED) is 0.609. The van der Waals surface area contributed by atoms with Crippen LogP contribution in [0, 0.1) is 0 Å². The fraction of sp³-hybridized carbons (Fsp3) is 0.824. The predicted molar refractivity (Wildman–Crippen MR) is 84.0 cm³/mol. The fourth-order valence-corrected chi connectivity index (χ4v) is 2.98.